The van der Waals surface area contributed by atoms with E-state index in [2.05, 4.69) is 75.2 Å². The SMILES string of the molecule is CCCC(C(=O)OCCCCCCCn1ccc2cc(OCc3ccccc3)ccc21)[N+](C)(C)C. The van der Waals surface area contributed by atoms with E-state index in [4.69, 9.17) is 9.47 Å². The zero-order chi connectivity index (χ0) is 25.1. The van der Waals surface area contributed by atoms with Crippen molar-refractivity contribution in [2.24, 2.45) is 0 Å². The van der Waals surface area contributed by atoms with E-state index < -0.39 is 0 Å². The summed E-state index contributed by atoms with van der Waals surface area (Å²) in [7, 11) is 6.19. The minimum absolute atomic E-state index is 0.0486. The van der Waals surface area contributed by atoms with Crippen LogP contribution in [0.3, 0.4) is 0 Å². The van der Waals surface area contributed by atoms with Crippen LogP contribution in [0.15, 0.2) is 60.8 Å². The standard InChI is InChI=1S/C30H43N2O3/c1-5-14-29(32(2,3)4)30(33)34-22-13-8-6-7-12-20-31-21-19-26-23-27(17-18-28(26)31)35-24-25-15-10-9-11-16-25/h9-11,15-19,21,23,29H,5-8,12-14,20,22,24H2,1-4H3/q+1. The highest BCUT2D eigenvalue weighted by Gasteiger charge is 2.31. The van der Waals surface area contributed by atoms with Gasteiger partial charge in [0.25, 0.3) is 0 Å². The molecule has 190 valence electrons. The van der Waals surface area contributed by atoms with Gasteiger partial charge >= 0.3 is 5.97 Å². The average molecular weight is 480 g/mol. The van der Waals surface area contributed by atoms with Crippen molar-refractivity contribution in [3.05, 3.63) is 66.4 Å². The summed E-state index contributed by atoms with van der Waals surface area (Å²) in [5.74, 6) is 0.856. The molecule has 0 radical (unpaired) electrons. The lowest BCUT2D eigenvalue weighted by Gasteiger charge is -2.32. The van der Waals surface area contributed by atoms with Crippen LogP contribution in [0.4, 0.5) is 0 Å². The van der Waals surface area contributed by atoms with Gasteiger partial charge in [0.15, 0.2) is 6.04 Å². The number of unbranched alkanes of at least 4 members (excludes halogenated alkanes) is 4. The summed E-state index contributed by atoms with van der Waals surface area (Å²) in [5.41, 5.74) is 2.43. The molecule has 2 aromatic carbocycles. The van der Waals surface area contributed by atoms with Crippen molar-refractivity contribution in [3.63, 3.8) is 0 Å². The molecular formula is C30H43N2O3+. The van der Waals surface area contributed by atoms with Crippen molar-refractivity contribution in [2.45, 2.75) is 71.1 Å². The first-order valence-corrected chi connectivity index (χ1v) is 13.1. The van der Waals surface area contributed by atoms with Gasteiger partial charge in [0.1, 0.15) is 12.4 Å². The van der Waals surface area contributed by atoms with Gasteiger partial charge < -0.3 is 18.5 Å². The Labute approximate surface area is 211 Å². The van der Waals surface area contributed by atoms with Crippen LogP contribution in [-0.2, 0) is 22.7 Å². The normalized spacial score (nSPS) is 12.6. The third-order valence-corrected chi connectivity index (χ3v) is 6.55. The molecule has 3 aromatic rings. The molecule has 35 heavy (non-hydrogen) atoms. The number of rotatable bonds is 15. The maximum absolute atomic E-state index is 12.4. The minimum Gasteiger partial charge on any atom is -0.489 e. The molecule has 1 aromatic heterocycles. The molecule has 0 aliphatic rings. The number of carbonyl (C=O) groups is 1. The number of nitrogens with zero attached hydrogens (tertiary/aromatic N) is 2. The summed E-state index contributed by atoms with van der Waals surface area (Å²) in [6.07, 6.45) is 9.59. The Hall–Kier alpha value is -2.79. The van der Waals surface area contributed by atoms with E-state index in [9.17, 15) is 4.79 Å². The molecule has 0 aliphatic carbocycles. The molecule has 5 nitrogen and oxygen atoms in total. The van der Waals surface area contributed by atoms with Crippen LogP contribution < -0.4 is 4.74 Å². The Morgan fingerprint density at radius 1 is 0.943 bits per heavy atom. The van der Waals surface area contributed by atoms with Gasteiger partial charge in [-0.3, -0.25) is 0 Å². The quantitative estimate of drug-likeness (QED) is 0.140. The van der Waals surface area contributed by atoms with E-state index in [1.54, 1.807) is 0 Å². The molecule has 3 rings (SSSR count). The lowest BCUT2D eigenvalue weighted by atomic mass is 10.1. The van der Waals surface area contributed by atoms with Crippen LogP contribution in [0.25, 0.3) is 10.9 Å². The van der Waals surface area contributed by atoms with E-state index in [1.165, 1.54) is 29.3 Å². The van der Waals surface area contributed by atoms with Crippen LogP contribution in [0, 0.1) is 0 Å². The second-order valence-corrected chi connectivity index (χ2v) is 10.4. The van der Waals surface area contributed by atoms with Crippen LogP contribution in [0.1, 0.15) is 57.4 Å². The van der Waals surface area contributed by atoms with E-state index >= 15 is 0 Å². The predicted molar refractivity (Wildman–Crippen MR) is 143 cm³/mol. The van der Waals surface area contributed by atoms with Crippen LogP contribution in [-0.4, -0.2) is 48.8 Å². The number of esters is 1. The Balaban J connectivity index is 1.33. The number of aryl methyl sites for hydroxylation is 1. The number of benzene rings is 2. The first-order chi connectivity index (χ1) is 16.9. The highest BCUT2D eigenvalue weighted by molar-refractivity contribution is 5.81. The smallest absolute Gasteiger partial charge is 0.364 e. The second-order valence-electron chi connectivity index (χ2n) is 10.4. The van der Waals surface area contributed by atoms with Gasteiger partial charge in [-0.2, -0.15) is 0 Å². The number of likely N-dealkylation sites (N-methyl/N-ethyl adjacent to an activating group) is 1. The fourth-order valence-electron chi connectivity index (χ4n) is 4.48. The van der Waals surface area contributed by atoms with Crippen molar-refractivity contribution in [1.82, 2.24) is 4.57 Å². The number of fused-ring (bicyclic) bond motifs is 1. The number of carbonyl (C=O) groups excluding carboxylic acids is 1. The summed E-state index contributed by atoms with van der Waals surface area (Å²) in [5, 5.41) is 1.22. The molecule has 0 N–H and O–H groups in total. The van der Waals surface area contributed by atoms with Gasteiger partial charge in [-0.05, 0) is 49.1 Å². The van der Waals surface area contributed by atoms with Gasteiger partial charge in [0.2, 0.25) is 0 Å². The molecule has 1 unspecified atom stereocenters. The van der Waals surface area contributed by atoms with Crippen LogP contribution in [0.5, 0.6) is 5.75 Å². The molecule has 0 saturated heterocycles. The molecular weight excluding hydrogens is 436 g/mol. The molecule has 0 fully saturated rings. The van der Waals surface area contributed by atoms with Crippen molar-refractivity contribution < 1.29 is 18.8 Å². The molecule has 1 atom stereocenters. The first kappa shape index (κ1) is 26.8. The fraction of sp³-hybridized carbons (Fsp3) is 0.500. The number of hydrogen-bond donors (Lipinski definition) is 0. The maximum atomic E-state index is 12.4. The van der Waals surface area contributed by atoms with E-state index in [1.807, 2.05) is 18.2 Å². The molecule has 5 heteroatoms. The number of hydrogen-bond acceptors (Lipinski definition) is 3. The summed E-state index contributed by atoms with van der Waals surface area (Å²) in [6, 6.07) is 18.7. The second kappa shape index (κ2) is 13.3. The fourth-order valence-corrected chi connectivity index (χ4v) is 4.48. The van der Waals surface area contributed by atoms with Gasteiger partial charge in [0.05, 0.1) is 27.7 Å². The lowest BCUT2D eigenvalue weighted by molar-refractivity contribution is -0.887. The minimum atomic E-state index is -0.0668. The Kier molecular flexibility index (Phi) is 10.2. The van der Waals surface area contributed by atoms with Crippen molar-refractivity contribution in [2.75, 3.05) is 27.7 Å². The zero-order valence-electron chi connectivity index (χ0n) is 22.0. The molecule has 0 spiro atoms. The number of quaternary nitrogens is 1. The highest BCUT2D eigenvalue weighted by atomic mass is 16.5. The van der Waals surface area contributed by atoms with Crippen molar-refractivity contribution in [3.8, 4) is 5.75 Å². The monoisotopic (exact) mass is 479 g/mol. The summed E-state index contributed by atoms with van der Waals surface area (Å²) in [6.45, 7) is 4.26. The molecule has 0 bridgehead atoms. The molecule has 0 amide bonds. The lowest BCUT2D eigenvalue weighted by Crippen LogP contribution is -2.50. The van der Waals surface area contributed by atoms with E-state index in [0.29, 0.717) is 17.7 Å². The van der Waals surface area contributed by atoms with Gasteiger partial charge in [-0.15, -0.1) is 0 Å². The zero-order valence-corrected chi connectivity index (χ0v) is 22.0. The first-order valence-electron chi connectivity index (χ1n) is 13.1. The molecule has 1 heterocycles. The van der Waals surface area contributed by atoms with Gasteiger partial charge in [0, 0.05) is 30.1 Å². The summed E-state index contributed by atoms with van der Waals surface area (Å²) >= 11 is 0. The Morgan fingerprint density at radius 3 is 2.43 bits per heavy atom. The van der Waals surface area contributed by atoms with E-state index in [-0.39, 0.29) is 12.0 Å². The number of aromatic nitrogens is 1. The Morgan fingerprint density at radius 2 is 1.69 bits per heavy atom. The van der Waals surface area contributed by atoms with Gasteiger partial charge in [-0.1, -0.05) is 56.5 Å². The Bertz CT molecular complexity index is 1040. The maximum Gasteiger partial charge on any atom is 0.364 e. The van der Waals surface area contributed by atoms with Gasteiger partial charge in [-0.25, -0.2) is 4.79 Å². The van der Waals surface area contributed by atoms with Crippen molar-refractivity contribution >= 4 is 16.9 Å². The van der Waals surface area contributed by atoms with Crippen molar-refractivity contribution in [1.29, 1.82) is 0 Å². The number of ether oxygens (including phenoxy) is 2. The largest absolute Gasteiger partial charge is 0.489 e. The summed E-state index contributed by atoms with van der Waals surface area (Å²) < 4.78 is 14.5. The van der Waals surface area contributed by atoms with Crippen LogP contribution in [0.2, 0.25) is 0 Å². The highest BCUT2D eigenvalue weighted by Crippen LogP contribution is 2.23. The van der Waals surface area contributed by atoms with Crippen LogP contribution >= 0.6 is 0 Å². The predicted octanol–water partition coefficient (Wildman–Crippen LogP) is 6.59. The third kappa shape index (κ3) is 8.43. The average Bonchev–Trinajstić information content (AvgIpc) is 3.24. The summed E-state index contributed by atoms with van der Waals surface area (Å²) in [4.78, 5) is 12.4. The topological polar surface area (TPSA) is 40.5 Å². The molecule has 0 aliphatic heterocycles. The third-order valence-electron chi connectivity index (χ3n) is 6.55. The molecule has 0 saturated carbocycles. The van der Waals surface area contributed by atoms with E-state index in [0.717, 1.165) is 44.4 Å².